The van der Waals surface area contributed by atoms with Crippen molar-refractivity contribution in [1.29, 1.82) is 0 Å². The number of nitrogens with one attached hydrogen (secondary N) is 1. The number of amides is 1. The molecule has 1 aliphatic rings. The summed E-state index contributed by atoms with van der Waals surface area (Å²) in [6.45, 7) is 0.0455. The Labute approximate surface area is 98.0 Å². The van der Waals surface area contributed by atoms with Crippen molar-refractivity contribution in [1.82, 2.24) is 15.3 Å². The van der Waals surface area contributed by atoms with Crippen LogP contribution in [0.3, 0.4) is 0 Å². The lowest BCUT2D eigenvalue weighted by molar-refractivity contribution is -0.119. The van der Waals surface area contributed by atoms with E-state index < -0.39 is 5.82 Å². The number of aromatic nitrogens is 2. The van der Waals surface area contributed by atoms with Gasteiger partial charge in [0.25, 0.3) is 0 Å². The van der Waals surface area contributed by atoms with E-state index in [1.165, 1.54) is 4.90 Å². The minimum atomic E-state index is -0.596. The van der Waals surface area contributed by atoms with Crippen molar-refractivity contribution in [3.8, 4) is 0 Å². The van der Waals surface area contributed by atoms with Crippen LogP contribution >= 0.6 is 0 Å². The molecule has 2 rings (SSSR count). The second-order valence-electron chi connectivity index (χ2n) is 4.10. The molecule has 0 bridgehead atoms. The van der Waals surface area contributed by atoms with E-state index in [4.69, 9.17) is 5.73 Å². The summed E-state index contributed by atoms with van der Waals surface area (Å²) in [5.41, 5.74) is 5.37. The van der Waals surface area contributed by atoms with E-state index in [2.05, 4.69) is 15.3 Å². The molecule has 7 heteroatoms. The molecule has 1 fully saturated rings. The molecule has 0 atom stereocenters. The molecule has 0 aromatic carbocycles. The molecule has 1 amide bonds. The normalized spacial score (nSPS) is 14.5. The minimum Gasteiger partial charge on any atom is -0.368 e. The average molecular weight is 239 g/mol. The highest BCUT2D eigenvalue weighted by Gasteiger charge is 2.24. The van der Waals surface area contributed by atoms with Crippen molar-refractivity contribution >= 4 is 17.7 Å². The number of carbonyl (C=O) groups excluding carboxylic acids is 1. The fraction of sp³-hybridized carbons (Fsp3) is 0.500. The first-order chi connectivity index (χ1) is 8.06. The van der Waals surface area contributed by atoms with Gasteiger partial charge in [-0.25, -0.2) is 9.37 Å². The van der Waals surface area contributed by atoms with Crippen molar-refractivity contribution in [3.05, 3.63) is 12.0 Å². The van der Waals surface area contributed by atoms with Gasteiger partial charge in [0.2, 0.25) is 11.9 Å². The molecule has 1 heterocycles. The van der Waals surface area contributed by atoms with Gasteiger partial charge in [0.05, 0.1) is 12.7 Å². The first-order valence-corrected chi connectivity index (χ1v) is 5.35. The summed E-state index contributed by atoms with van der Waals surface area (Å²) in [5.74, 6) is -0.730. The lowest BCUT2D eigenvalue weighted by Crippen LogP contribution is -2.37. The predicted octanol–water partition coefficient (Wildman–Crippen LogP) is -0.0873. The topological polar surface area (TPSA) is 84.1 Å². The van der Waals surface area contributed by atoms with Crippen molar-refractivity contribution in [2.75, 3.05) is 24.2 Å². The summed E-state index contributed by atoms with van der Waals surface area (Å²) >= 11 is 0. The molecule has 92 valence electrons. The Kier molecular flexibility index (Phi) is 3.08. The van der Waals surface area contributed by atoms with Gasteiger partial charge in [-0.2, -0.15) is 4.98 Å². The predicted molar refractivity (Wildman–Crippen MR) is 60.8 cm³/mol. The molecule has 1 saturated carbocycles. The van der Waals surface area contributed by atoms with Gasteiger partial charge in [-0.1, -0.05) is 0 Å². The minimum absolute atomic E-state index is 0.0177. The molecule has 6 nitrogen and oxygen atoms in total. The molecule has 0 spiro atoms. The Bertz CT molecular complexity index is 435. The summed E-state index contributed by atoms with van der Waals surface area (Å²) in [7, 11) is 1.58. The summed E-state index contributed by atoms with van der Waals surface area (Å²) in [5, 5.41) is 2.81. The highest BCUT2D eigenvalue weighted by molar-refractivity contribution is 5.81. The number of halogens is 1. The number of rotatable bonds is 4. The maximum absolute atomic E-state index is 13.4. The standard InChI is InChI=1S/C10H14FN5O/c1-16(5-8(17)14-6-2-3-6)9-7(11)4-13-10(12)15-9/h4,6H,2-3,5H2,1H3,(H,14,17)(H2,12,13,15). The lowest BCUT2D eigenvalue weighted by atomic mass is 10.4. The Hall–Kier alpha value is -1.92. The number of nitrogens with two attached hydrogens (primary N) is 1. The second-order valence-corrected chi connectivity index (χ2v) is 4.10. The number of nitrogens with zero attached hydrogens (tertiary/aromatic N) is 3. The van der Waals surface area contributed by atoms with Gasteiger partial charge in [0, 0.05) is 13.1 Å². The fourth-order valence-electron chi connectivity index (χ4n) is 1.43. The van der Waals surface area contributed by atoms with Gasteiger partial charge in [0.15, 0.2) is 11.6 Å². The van der Waals surface area contributed by atoms with Crippen LogP contribution in [-0.4, -0.2) is 35.5 Å². The highest BCUT2D eigenvalue weighted by Crippen LogP contribution is 2.19. The Balaban J connectivity index is 1.99. The zero-order valence-corrected chi connectivity index (χ0v) is 9.48. The van der Waals surface area contributed by atoms with Gasteiger partial charge >= 0.3 is 0 Å². The number of nitrogen functional groups attached to an aromatic ring is 1. The molecular weight excluding hydrogens is 225 g/mol. The largest absolute Gasteiger partial charge is 0.368 e. The molecule has 1 aromatic rings. The number of hydrogen-bond donors (Lipinski definition) is 2. The molecule has 17 heavy (non-hydrogen) atoms. The van der Waals surface area contributed by atoms with E-state index in [-0.39, 0.29) is 30.3 Å². The van der Waals surface area contributed by atoms with Crippen LogP contribution < -0.4 is 16.0 Å². The second kappa shape index (κ2) is 4.52. The van der Waals surface area contributed by atoms with Crippen molar-refractivity contribution in [2.24, 2.45) is 0 Å². The van der Waals surface area contributed by atoms with Crippen LogP contribution in [0.2, 0.25) is 0 Å². The van der Waals surface area contributed by atoms with E-state index >= 15 is 0 Å². The van der Waals surface area contributed by atoms with Gasteiger partial charge in [0.1, 0.15) is 0 Å². The Morgan fingerprint density at radius 1 is 1.71 bits per heavy atom. The van der Waals surface area contributed by atoms with Crippen LogP contribution in [0.15, 0.2) is 6.20 Å². The molecule has 0 unspecified atom stereocenters. The molecular formula is C10H14FN5O. The SMILES string of the molecule is CN(CC(=O)NC1CC1)c1nc(N)ncc1F. The van der Waals surface area contributed by atoms with Gasteiger partial charge in [-0.15, -0.1) is 0 Å². The molecule has 0 saturated heterocycles. The Morgan fingerprint density at radius 2 is 2.41 bits per heavy atom. The number of hydrogen-bond acceptors (Lipinski definition) is 5. The molecule has 3 N–H and O–H groups in total. The summed E-state index contributed by atoms with van der Waals surface area (Å²) in [6, 6.07) is 0.288. The van der Waals surface area contributed by atoms with Crippen LogP contribution in [0.1, 0.15) is 12.8 Å². The number of anilines is 2. The monoisotopic (exact) mass is 239 g/mol. The van der Waals surface area contributed by atoms with Crippen molar-refractivity contribution < 1.29 is 9.18 Å². The van der Waals surface area contributed by atoms with Crippen molar-refractivity contribution in [3.63, 3.8) is 0 Å². The van der Waals surface area contributed by atoms with E-state index in [0.29, 0.717) is 0 Å². The van der Waals surface area contributed by atoms with E-state index in [9.17, 15) is 9.18 Å². The highest BCUT2D eigenvalue weighted by atomic mass is 19.1. The maximum Gasteiger partial charge on any atom is 0.239 e. The molecule has 0 radical (unpaired) electrons. The maximum atomic E-state index is 13.4. The lowest BCUT2D eigenvalue weighted by Gasteiger charge is -2.18. The van der Waals surface area contributed by atoms with E-state index in [1.807, 2.05) is 0 Å². The van der Waals surface area contributed by atoms with Gasteiger partial charge in [-0.3, -0.25) is 4.79 Å². The molecule has 1 aliphatic carbocycles. The third kappa shape index (κ3) is 3.02. The van der Waals surface area contributed by atoms with Crippen LogP contribution in [-0.2, 0) is 4.79 Å². The number of carbonyl (C=O) groups is 1. The first-order valence-electron chi connectivity index (χ1n) is 5.35. The zero-order valence-electron chi connectivity index (χ0n) is 9.48. The fourth-order valence-corrected chi connectivity index (χ4v) is 1.43. The summed E-state index contributed by atoms with van der Waals surface area (Å²) in [4.78, 5) is 20.2. The first kappa shape index (κ1) is 11.6. The van der Waals surface area contributed by atoms with Gasteiger partial charge < -0.3 is 16.0 Å². The third-order valence-corrected chi connectivity index (χ3v) is 2.43. The smallest absolute Gasteiger partial charge is 0.239 e. The number of likely N-dealkylation sites (N-methyl/N-ethyl adjacent to an activating group) is 1. The van der Waals surface area contributed by atoms with E-state index in [0.717, 1.165) is 19.0 Å². The van der Waals surface area contributed by atoms with Crippen LogP contribution in [0.5, 0.6) is 0 Å². The van der Waals surface area contributed by atoms with Gasteiger partial charge in [-0.05, 0) is 12.8 Å². The zero-order chi connectivity index (χ0) is 12.4. The van der Waals surface area contributed by atoms with Crippen LogP contribution in [0, 0.1) is 5.82 Å². The quantitative estimate of drug-likeness (QED) is 0.767. The van der Waals surface area contributed by atoms with Crippen molar-refractivity contribution in [2.45, 2.75) is 18.9 Å². The Morgan fingerprint density at radius 3 is 3.06 bits per heavy atom. The summed E-state index contributed by atoms with van der Waals surface area (Å²) < 4.78 is 13.4. The summed E-state index contributed by atoms with van der Waals surface area (Å²) in [6.07, 6.45) is 3.03. The van der Waals surface area contributed by atoms with Crippen LogP contribution in [0.4, 0.5) is 16.2 Å². The van der Waals surface area contributed by atoms with E-state index in [1.54, 1.807) is 7.05 Å². The molecule has 1 aromatic heterocycles. The van der Waals surface area contributed by atoms with Crippen LogP contribution in [0.25, 0.3) is 0 Å². The molecule has 0 aliphatic heterocycles. The average Bonchev–Trinajstić information content (AvgIpc) is 3.05. The third-order valence-electron chi connectivity index (χ3n) is 2.43.